The summed E-state index contributed by atoms with van der Waals surface area (Å²) in [5, 5.41) is 26.9. The van der Waals surface area contributed by atoms with Crippen molar-refractivity contribution in [3.63, 3.8) is 0 Å². The highest BCUT2D eigenvalue weighted by Gasteiger charge is 2.15. The Morgan fingerprint density at radius 3 is 2.44 bits per heavy atom. The number of phenols is 1. The van der Waals surface area contributed by atoms with Gasteiger partial charge < -0.3 is 20.1 Å². The Balaban J connectivity index is 2.97. The fraction of sp³-hybridized carbons (Fsp3) is 0.333. The molecule has 6 nitrogen and oxygen atoms in total. The van der Waals surface area contributed by atoms with E-state index in [0.29, 0.717) is 24.2 Å². The molecule has 98 valence electrons. The van der Waals surface area contributed by atoms with E-state index in [0.717, 1.165) is 0 Å². The van der Waals surface area contributed by atoms with Crippen LogP contribution >= 0.6 is 0 Å². The van der Waals surface area contributed by atoms with E-state index in [-0.39, 0.29) is 17.7 Å². The molecule has 0 saturated carbocycles. The molecule has 1 rings (SSSR count). The van der Waals surface area contributed by atoms with Crippen LogP contribution in [0.25, 0.3) is 0 Å². The van der Waals surface area contributed by atoms with Gasteiger partial charge in [-0.15, -0.1) is 0 Å². The van der Waals surface area contributed by atoms with Gasteiger partial charge in [0.15, 0.2) is 0 Å². The van der Waals surface area contributed by atoms with E-state index in [2.05, 4.69) is 0 Å². The third kappa shape index (κ3) is 3.38. The van der Waals surface area contributed by atoms with E-state index >= 15 is 0 Å². The standard InChI is InChI=1S/C12H14O6/c1-18-10-6-9(13)8(12(16)17)5-7(10)3-2-4-11(14)15/h5-6,13H,2-4H2,1H3,(H,14,15)(H,16,17). The molecule has 6 heteroatoms. The molecule has 0 unspecified atom stereocenters. The second-order valence-corrected chi connectivity index (χ2v) is 3.73. The highest BCUT2D eigenvalue weighted by Crippen LogP contribution is 2.29. The smallest absolute Gasteiger partial charge is 0.339 e. The summed E-state index contributed by atoms with van der Waals surface area (Å²) in [5.74, 6) is -2.18. The Kier molecular flexibility index (Phi) is 4.53. The maximum Gasteiger partial charge on any atom is 0.339 e. The van der Waals surface area contributed by atoms with Crippen LogP contribution in [0, 0.1) is 0 Å². The van der Waals surface area contributed by atoms with Crippen LogP contribution in [0.1, 0.15) is 28.8 Å². The lowest BCUT2D eigenvalue weighted by molar-refractivity contribution is -0.137. The third-order valence-electron chi connectivity index (χ3n) is 2.47. The van der Waals surface area contributed by atoms with Crippen molar-refractivity contribution in [3.05, 3.63) is 23.3 Å². The van der Waals surface area contributed by atoms with Crippen molar-refractivity contribution in [3.8, 4) is 11.5 Å². The second-order valence-electron chi connectivity index (χ2n) is 3.73. The van der Waals surface area contributed by atoms with Gasteiger partial charge in [0.25, 0.3) is 0 Å². The fourth-order valence-corrected chi connectivity index (χ4v) is 1.60. The normalized spacial score (nSPS) is 10.1. The molecule has 0 saturated heterocycles. The van der Waals surface area contributed by atoms with Crippen LogP contribution in [0.5, 0.6) is 11.5 Å². The van der Waals surface area contributed by atoms with Crippen LogP contribution in [0.2, 0.25) is 0 Å². The van der Waals surface area contributed by atoms with Gasteiger partial charge in [-0.1, -0.05) is 0 Å². The molecule has 18 heavy (non-hydrogen) atoms. The van der Waals surface area contributed by atoms with Crippen molar-refractivity contribution in [1.82, 2.24) is 0 Å². The number of aliphatic carboxylic acids is 1. The minimum absolute atomic E-state index is 0.00750. The van der Waals surface area contributed by atoms with Gasteiger partial charge in [-0.25, -0.2) is 4.79 Å². The summed E-state index contributed by atoms with van der Waals surface area (Å²) in [6.07, 6.45) is 0.734. The number of rotatable bonds is 6. The number of methoxy groups -OCH3 is 1. The van der Waals surface area contributed by atoms with E-state index in [1.54, 1.807) is 0 Å². The van der Waals surface area contributed by atoms with Gasteiger partial charge in [0.1, 0.15) is 17.1 Å². The van der Waals surface area contributed by atoms with Gasteiger partial charge in [0, 0.05) is 12.5 Å². The van der Waals surface area contributed by atoms with Crippen molar-refractivity contribution in [2.75, 3.05) is 7.11 Å². The predicted octanol–water partition coefficient (Wildman–Crippen LogP) is 1.51. The molecular formula is C12H14O6. The van der Waals surface area contributed by atoms with Crippen LogP contribution in [-0.4, -0.2) is 34.4 Å². The predicted molar refractivity (Wildman–Crippen MR) is 62.2 cm³/mol. The highest BCUT2D eigenvalue weighted by molar-refractivity contribution is 5.91. The molecule has 0 aliphatic carbocycles. The first-order chi connectivity index (χ1) is 8.45. The average Bonchev–Trinajstić information content (AvgIpc) is 2.29. The van der Waals surface area contributed by atoms with Gasteiger partial charge >= 0.3 is 11.9 Å². The Morgan fingerprint density at radius 1 is 1.28 bits per heavy atom. The topological polar surface area (TPSA) is 104 Å². The summed E-state index contributed by atoms with van der Waals surface area (Å²) in [4.78, 5) is 21.3. The summed E-state index contributed by atoms with van der Waals surface area (Å²) in [6.45, 7) is 0. The van der Waals surface area contributed by atoms with Gasteiger partial charge in [-0.05, 0) is 24.5 Å². The first-order valence-electron chi connectivity index (χ1n) is 5.30. The van der Waals surface area contributed by atoms with Crippen LogP contribution in [0.15, 0.2) is 12.1 Å². The number of carbonyl (C=O) groups is 2. The van der Waals surface area contributed by atoms with Gasteiger partial charge in [0.05, 0.1) is 7.11 Å². The number of benzene rings is 1. The number of carboxylic acid groups (broad SMARTS) is 2. The minimum Gasteiger partial charge on any atom is -0.507 e. The van der Waals surface area contributed by atoms with E-state index in [1.807, 2.05) is 0 Å². The fourth-order valence-electron chi connectivity index (χ4n) is 1.60. The summed E-state index contributed by atoms with van der Waals surface area (Å²) < 4.78 is 5.02. The Hall–Kier alpha value is -2.24. The molecule has 0 spiro atoms. The quantitative estimate of drug-likeness (QED) is 0.710. The summed E-state index contributed by atoms with van der Waals surface area (Å²) in [6, 6.07) is 2.53. The van der Waals surface area contributed by atoms with Crippen LogP contribution < -0.4 is 4.74 Å². The van der Waals surface area contributed by atoms with Crippen LogP contribution in [0.3, 0.4) is 0 Å². The van der Waals surface area contributed by atoms with Crippen molar-refractivity contribution >= 4 is 11.9 Å². The number of carboxylic acids is 2. The maximum absolute atomic E-state index is 10.9. The van der Waals surface area contributed by atoms with Crippen LogP contribution in [0.4, 0.5) is 0 Å². The maximum atomic E-state index is 10.9. The summed E-state index contributed by atoms with van der Waals surface area (Å²) >= 11 is 0. The molecular weight excluding hydrogens is 240 g/mol. The molecule has 0 heterocycles. The highest BCUT2D eigenvalue weighted by atomic mass is 16.5. The molecule has 3 N–H and O–H groups in total. The number of aromatic carboxylic acids is 1. The second kappa shape index (κ2) is 5.90. The Bertz CT molecular complexity index is 466. The largest absolute Gasteiger partial charge is 0.507 e. The number of aryl methyl sites for hydroxylation is 1. The third-order valence-corrected chi connectivity index (χ3v) is 2.47. The van der Waals surface area contributed by atoms with Gasteiger partial charge in [0.2, 0.25) is 0 Å². The number of hydrogen-bond donors (Lipinski definition) is 3. The van der Waals surface area contributed by atoms with Crippen molar-refractivity contribution in [2.45, 2.75) is 19.3 Å². The van der Waals surface area contributed by atoms with Crippen LogP contribution in [-0.2, 0) is 11.2 Å². The Morgan fingerprint density at radius 2 is 1.94 bits per heavy atom. The van der Waals surface area contributed by atoms with E-state index in [4.69, 9.17) is 14.9 Å². The lowest BCUT2D eigenvalue weighted by Crippen LogP contribution is -2.02. The Labute approximate surface area is 103 Å². The molecule has 0 aliphatic rings. The molecule has 0 radical (unpaired) electrons. The number of hydrogen-bond acceptors (Lipinski definition) is 4. The molecule has 0 atom stereocenters. The zero-order chi connectivity index (χ0) is 13.7. The van der Waals surface area contributed by atoms with Gasteiger partial charge in [-0.3, -0.25) is 4.79 Å². The van der Waals surface area contributed by atoms with Gasteiger partial charge in [-0.2, -0.15) is 0 Å². The molecule has 0 aliphatic heterocycles. The van der Waals surface area contributed by atoms with Crippen molar-refractivity contribution in [1.29, 1.82) is 0 Å². The molecule has 0 aromatic heterocycles. The average molecular weight is 254 g/mol. The van der Waals surface area contributed by atoms with E-state index in [9.17, 15) is 14.7 Å². The molecule has 1 aromatic carbocycles. The van der Waals surface area contributed by atoms with E-state index < -0.39 is 11.9 Å². The van der Waals surface area contributed by atoms with Crippen molar-refractivity contribution in [2.24, 2.45) is 0 Å². The van der Waals surface area contributed by atoms with E-state index in [1.165, 1.54) is 19.2 Å². The zero-order valence-electron chi connectivity index (χ0n) is 9.84. The lowest BCUT2D eigenvalue weighted by Gasteiger charge is -2.10. The SMILES string of the molecule is COc1cc(O)c(C(=O)O)cc1CCCC(=O)O. The molecule has 0 fully saturated rings. The zero-order valence-corrected chi connectivity index (χ0v) is 9.84. The first kappa shape index (κ1) is 13.8. The lowest BCUT2D eigenvalue weighted by atomic mass is 10.0. The summed E-state index contributed by atoms with van der Waals surface area (Å²) in [5.41, 5.74) is 0.343. The van der Waals surface area contributed by atoms with Crippen molar-refractivity contribution < 1.29 is 29.6 Å². The summed E-state index contributed by atoms with van der Waals surface area (Å²) in [7, 11) is 1.40. The molecule has 1 aromatic rings. The molecule has 0 bridgehead atoms. The minimum atomic E-state index is -1.24. The monoisotopic (exact) mass is 254 g/mol. The molecule has 0 amide bonds. The number of ether oxygens (including phenoxy) is 1. The first-order valence-corrected chi connectivity index (χ1v) is 5.30. The number of aromatic hydroxyl groups is 1.